The number of benzene rings is 2. The Morgan fingerprint density at radius 1 is 1.04 bits per heavy atom. The zero-order chi connectivity index (χ0) is 16.7. The third-order valence-electron chi connectivity index (χ3n) is 3.51. The SMILES string of the molecule is CC/C(=N\NC(=O)COc1c(C)cccc1C)c1ccccc1. The molecule has 0 fully saturated rings. The van der Waals surface area contributed by atoms with Crippen LogP contribution in [-0.4, -0.2) is 18.2 Å². The Morgan fingerprint density at radius 2 is 1.70 bits per heavy atom. The van der Waals surface area contributed by atoms with Gasteiger partial charge in [0.1, 0.15) is 5.75 Å². The van der Waals surface area contributed by atoms with E-state index < -0.39 is 0 Å². The average molecular weight is 310 g/mol. The van der Waals surface area contributed by atoms with Gasteiger partial charge >= 0.3 is 0 Å². The molecule has 4 nitrogen and oxygen atoms in total. The molecule has 0 aliphatic heterocycles. The van der Waals surface area contributed by atoms with Gasteiger partial charge in [-0.05, 0) is 37.0 Å². The van der Waals surface area contributed by atoms with E-state index in [1.807, 2.05) is 69.3 Å². The van der Waals surface area contributed by atoms with Crippen LogP contribution in [0.5, 0.6) is 5.75 Å². The maximum atomic E-state index is 11.9. The van der Waals surface area contributed by atoms with Gasteiger partial charge in [-0.25, -0.2) is 5.43 Å². The van der Waals surface area contributed by atoms with E-state index in [1.165, 1.54) is 0 Å². The van der Waals surface area contributed by atoms with Gasteiger partial charge in [-0.2, -0.15) is 5.10 Å². The number of hydrogen-bond acceptors (Lipinski definition) is 3. The van der Waals surface area contributed by atoms with Crippen LogP contribution in [-0.2, 0) is 4.79 Å². The zero-order valence-electron chi connectivity index (χ0n) is 13.8. The van der Waals surface area contributed by atoms with Gasteiger partial charge in [-0.1, -0.05) is 55.5 Å². The molecule has 4 heteroatoms. The Hall–Kier alpha value is -2.62. The van der Waals surface area contributed by atoms with E-state index >= 15 is 0 Å². The van der Waals surface area contributed by atoms with Crippen LogP contribution in [0.25, 0.3) is 0 Å². The standard InChI is InChI=1S/C19H22N2O2/c1-4-17(16-11-6-5-7-12-16)20-21-18(22)13-23-19-14(2)9-8-10-15(19)3/h5-12H,4,13H2,1-3H3,(H,21,22)/b20-17+. The predicted octanol–water partition coefficient (Wildman–Crippen LogP) is 3.61. The quantitative estimate of drug-likeness (QED) is 0.654. The molecule has 0 spiro atoms. The maximum Gasteiger partial charge on any atom is 0.277 e. The van der Waals surface area contributed by atoms with Gasteiger partial charge in [0.05, 0.1) is 5.71 Å². The first-order valence-electron chi connectivity index (χ1n) is 7.71. The van der Waals surface area contributed by atoms with Gasteiger partial charge in [-0.15, -0.1) is 0 Å². The van der Waals surface area contributed by atoms with Crippen molar-refractivity contribution in [3.05, 3.63) is 65.2 Å². The number of ether oxygens (including phenoxy) is 1. The van der Waals surface area contributed by atoms with Gasteiger partial charge in [0.15, 0.2) is 6.61 Å². The highest BCUT2D eigenvalue weighted by Gasteiger charge is 2.07. The fourth-order valence-corrected chi connectivity index (χ4v) is 2.30. The summed E-state index contributed by atoms with van der Waals surface area (Å²) >= 11 is 0. The highest BCUT2D eigenvalue weighted by atomic mass is 16.5. The minimum Gasteiger partial charge on any atom is -0.483 e. The van der Waals surface area contributed by atoms with Crippen molar-refractivity contribution < 1.29 is 9.53 Å². The van der Waals surface area contributed by atoms with Crippen LogP contribution in [0.3, 0.4) is 0 Å². The van der Waals surface area contributed by atoms with Crippen molar-refractivity contribution in [2.24, 2.45) is 5.10 Å². The Morgan fingerprint density at radius 3 is 2.30 bits per heavy atom. The van der Waals surface area contributed by atoms with E-state index in [0.29, 0.717) is 0 Å². The molecule has 0 aliphatic carbocycles. The highest BCUT2D eigenvalue weighted by molar-refractivity contribution is 6.00. The minimum absolute atomic E-state index is 0.0546. The van der Waals surface area contributed by atoms with Crippen LogP contribution >= 0.6 is 0 Å². The molecule has 0 saturated carbocycles. The first-order chi connectivity index (χ1) is 11.1. The molecule has 23 heavy (non-hydrogen) atoms. The monoisotopic (exact) mass is 310 g/mol. The lowest BCUT2D eigenvalue weighted by Gasteiger charge is -2.11. The Kier molecular flexibility index (Phi) is 5.92. The molecule has 0 aromatic heterocycles. The number of hydrazone groups is 1. The number of nitrogens with one attached hydrogen (secondary N) is 1. The third kappa shape index (κ3) is 4.68. The second-order valence-electron chi connectivity index (χ2n) is 5.32. The van der Waals surface area contributed by atoms with Crippen LogP contribution in [0.4, 0.5) is 0 Å². The second kappa shape index (κ2) is 8.13. The smallest absolute Gasteiger partial charge is 0.277 e. The van der Waals surface area contributed by atoms with Crippen molar-refractivity contribution in [1.82, 2.24) is 5.43 Å². The number of amides is 1. The molecule has 2 rings (SSSR count). The van der Waals surface area contributed by atoms with E-state index in [0.717, 1.165) is 34.6 Å². The number of aryl methyl sites for hydroxylation is 2. The molecule has 0 heterocycles. The molecule has 1 amide bonds. The summed E-state index contributed by atoms with van der Waals surface area (Å²) < 4.78 is 5.62. The molecule has 1 N–H and O–H groups in total. The largest absolute Gasteiger partial charge is 0.483 e. The van der Waals surface area contributed by atoms with E-state index in [-0.39, 0.29) is 12.5 Å². The molecule has 2 aromatic rings. The first kappa shape index (κ1) is 16.7. The summed E-state index contributed by atoms with van der Waals surface area (Å²) in [5.41, 5.74) is 6.44. The number of rotatable bonds is 6. The van der Waals surface area contributed by atoms with Crippen molar-refractivity contribution >= 4 is 11.6 Å². The van der Waals surface area contributed by atoms with E-state index in [2.05, 4.69) is 10.5 Å². The molecule has 0 aliphatic rings. The van der Waals surface area contributed by atoms with Gasteiger partial charge in [-0.3, -0.25) is 4.79 Å². The lowest BCUT2D eigenvalue weighted by atomic mass is 10.1. The third-order valence-corrected chi connectivity index (χ3v) is 3.51. The zero-order valence-corrected chi connectivity index (χ0v) is 13.8. The molecule has 0 radical (unpaired) electrons. The van der Waals surface area contributed by atoms with Crippen molar-refractivity contribution in [3.8, 4) is 5.75 Å². The Labute approximate surface area is 137 Å². The van der Waals surface area contributed by atoms with Gasteiger partial charge in [0, 0.05) is 0 Å². The summed E-state index contributed by atoms with van der Waals surface area (Å²) in [7, 11) is 0. The number of carbonyl (C=O) groups is 1. The maximum absolute atomic E-state index is 11.9. The second-order valence-corrected chi connectivity index (χ2v) is 5.32. The van der Waals surface area contributed by atoms with Gasteiger partial charge in [0.2, 0.25) is 0 Å². The van der Waals surface area contributed by atoms with Crippen LogP contribution in [0.2, 0.25) is 0 Å². The van der Waals surface area contributed by atoms with Gasteiger partial charge in [0.25, 0.3) is 5.91 Å². The fourth-order valence-electron chi connectivity index (χ4n) is 2.30. The van der Waals surface area contributed by atoms with Crippen molar-refractivity contribution in [1.29, 1.82) is 0 Å². The van der Waals surface area contributed by atoms with E-state index in [1.54, 1.807) is 0 Å². The Bertz CT molecular complexity index is 674. The first-order valence-corrected chi connectivity index (χ1v) is 7.71. The molecule has 0 unspecified atom stereocenters. The van der Waals surface area contributed by atoms with Crippen molar-refractivity contribution in [2.45, 2.75) is 27.2 Å². The molecule has 0 bridgehead atoms. The van der Waals surface area contributed by atoms with Crippen molar-refractivity contribution in [2.75, 3.05) is 6.61 Å². The summed E-state index contributed by atoms with van der Waals surface area (Å²) in [6.07, 6.45) is 0.738. The van der Waals surface area contributed by atoms with Gasteiger partial charge < -0.3 is 4.74 Å². The summed E-state index contributed by atoms with van der Waals surface area (Å²) in [6.45, 7) is 5.87. The molecule has 0 atom stereocenters. The normalized spacial score (nSPS) is 11.2. The van der Waals surface area contributed by atoms with Crippen LogP contribution in [0, 0.1) is 13.8 Å². The summed E-state index contributed by atoms with van der Waals surface area (Å²) in [4.78, 5) is 11.9. The molecular weight excluding hydrogens is 288 g/mol. The lowest BCUT2D eigenvalue weighted by molar-refractivity contribution is -0.123. The minimum atomic E-state index is -0.269. The number of nitrogens with zero attached hydrogens (tertiary/aromatic N) is 1. The highest BCUT2D eigenvalue weighted by Crippen LogP contribution is 2.21. The number of para-hydroxylation sites is 1. The molecule has 120 valence electrons. The van der Waals surface area contributed by atoms with Crippen LogP contribution < -0.4 is 10.2 Å². The summed E-state index contributed by atoms with van der Waals surface area (Å²) in [5, 5.41) is 4.21. The number of hydrogen-bond donors (Lipinski definition) is 1. The molecule has 2 aromatic carbocycles. The topological polar surface area (TPSA) is 50.7 Å². The molecule has 0 saturated heterocycles. The average Bonchev–Trinajstić information content (AvgIpc) is 2.56. The summed E-state index contributed by atoms with van der Waals surface area (Å²) in [5.74, 6) is 0.486. The van der Waals surface area contributed by atoms with E-state index in [9.17, 15) is 4.79 Å². The Balaban J connectivity index is 1.96. The fraction of sp³-hybridized carbons (Fsp3) is 0.263. The number of carbonyl (C=O) groups excluding carboxylic acids is 1. The van der Waals surface area contributed by atoms with Crippen LogP contribution in [0.15, 0.2) is 53.6 Å². The van der Waals surface area contributed by atoms with Crippen molar-refractivity contribution in [3.63, 3.8) is 0 Å². The summed E-state index contributed by atoms with van der Waals surface area (Å²) in [6, 6.07) is 15.7. The van der Waals surface area contributed by atoms with Crippen LogP contribution in [0.1, 0.15) is 30.0 Å². The molecular formula is C19H22N2O2. The van der Waals surface area contributed by atoms with E-state index in [4.69, 9.17) is 4.74 Å². The lowest BCUT2D eigenvalue weighted by Crippen LogP contribution is -2.26. The predicted molar refractivity (Wildman–Crippen MR) is 92.8 cm³/mol.